The number of nitrogens with one attached hydrogen (secondary N) is 1. The molecule has 3 N–H and O–H groups in total. The first kappa shape index (κ1) is 32.2. The van der Waals surface area contributed by atoms with E-state index < -0.39 is 5.91 Å². The third kappa shape index (κ3) is 6.58. The summed E-state index contributed by atoms with van der Waals surface area (Å²) < 4.78 is 4.26. The third-order valence-electron chi connectivity index (χ3n) is 9.08. The summed E-state index contributed by atoms with van der Waals surface area (Å²) in [6.45, 7) is 5.76. The van der Waals surface area contributed by atoms with Crippen LogP contribution in [0.3, 0.4) is 0 Å². The second-order valence-electron chi connectivity index (χ2n) is 12.9. The normalized spacial score (nSPS) is 17.6. The Labute approximate surface area is 278 Å². The zero-order chi connectivity index (χ0) is 33.5. The average Bonchev–Trinajstić information content (AvgIpc) is 3.76. The quantitative estimate of drug-likeness (QED) is 0.290. The van der Waals surface area contributed by atoms with E-state index in [4.69, 9.17) is 17.3 Å². The average molecular weight is 660 g/mol. The molecule has 13 nitrogen and oxygen atoms in total. The van der Waals surface area contributed by atoms with E-state index in [2.05, 4.69) is 34.5 Å². The van der Waals surface area contributed by atoms with Crippen LogP contribution in [0.5, 0.6) is 0 Å². The van der Waals surface area contributed by atoms with Crippen LogP contribution in [0.1, 0.15) is 40.0 Å². The van der Waals surface area contributed by atoms with E-state index in [1.54, 1.807) is 63.9 Å². The van der Waals surface area contributed by atoms with Gasteiger partial charge in [0.2, 0.25) is 5.91 Å². The number of piperazine rings is 1. The zero-order valence-corrected chi connectivity index (χ0v) is 27.9. The molecule has 0 aliphatic carbocycles. The van der Waals surface area contributed by atoms with Gasteiger partial charge in [-0.2, -0.15) is 5.10 Å². The van der Waals surface area contributed by atoms with Gasteiger partial charge >= 0.3 is 0 Å². The molecule has 3 aromatic heterocycles. The van der Waals surface area contributed by atoms with E-state index >= 15 is 0 Å². The number of nitrogens with zero attached hydrogens (tertiary/aromatic N) is 8. The lowest BCUT2D eigenvalue weighted by Gasteiger charge is -2.36. The molecule has 0 bridgehead atoms. The lowest BCUT2D eigenvalue weighted by Crippen LogP contribution is -2.52. The number of imidazole rings is 1. The summed E-state index contributed by atoms with van der Waals surface area (Å²) in [5, 5.41) is 7.75. The molecular formula is C33H40ClN10O3+. The van der Waals surface area contributed by atoms with Crippen LogP contribution >= 0.6 is 11.6 Å². The van der Waals surface area contributed by atoms with Crippen LogP contribution < -0.4 is 11.1 Å². The maximum absolute atomic E-state index is 13.4. The van der Waals surface area contributed by atoms with E-state index in [1.165, 1.54) is 0 Å². The van der Waals surface area contributed by atoms with Gasteiger partial charge in [0.25, 0.3) is 11.8 Å². The van der Waals surface area contributed by atoms with Crippen molar-refractivity contribution in [1.29, 1.82) is 0 Å². The molecule has 14 heteroatoms. The SMILES string of the molecule is CCc1nn(-c2ccc(N)cn2)cc1-c1cnc(C(=O)Nc2ccc(C(=O)N3CCN(C(=O)C4CC[N+](C)(C)C4)CC3)c(Cl)c2)n1C. The minimum absolute atomic E-state index is 0.0486. The molecule has 1 unspecified atom stereocenters. The van der Waals surface area contributed by atoms with Crippen molar-refractivity contribution < 1.29 is 18.9 Å². The number of halogens is 1. The molecule has 0 radical (unpaired) electrons. The molecule has 47 heavy (non-hydrogen) atoms. The molecule has 2 aliphatic heterocycles. The van der Waals surface area contributed by atoms with E-state index in [0.717, 1.165) is 40.9 Å². The van der Waals surface area contributed by atoms with Gasteiger partial charge in [0.05, 0.1) is 73.2 Å². The molecule has 6 rings (SSSR count). The number of amides is 3. The van der Waals surface area contributed by atoms with Crippen LogP contribution in [0, 0.1) is 5.92 Å². The van der Waals surface area contributed by atoms with Crippen molar-refractivity contribution in [3.8, 4) is 17.1 Å². The lowest BCUT2D eigenvalue weighted by atomic mass is 10.1. The first-order chi connectivity index (χ1) is 22.4. The molecule has 2 saturated heterocycles. The standard InChI is InChI=1S/C33H39ClN10O3/c1-5-27-25(19-43(39-27)29-9-6-22(35)17-36-29)28-18-37-30(40(28)2)31(45)38-23-7-8-24(26(34)16-23)33(47)42-13-11-41(12-14-42)32(46)21-10-15-44(3,4)20-21/h6-9,16-19,21H,5,10-15,20,35H2,1-4H3/p+1. The second kappa shape index (κ2) is 12.8. The summed E-state index contributed by atoms with van der Waals surface area (Å²) in [7, 11) is 6.08. The Balaban J connectivity index is 1.10. The van der Waals surface area contributed by atoms with Crippen molar-refractivity contribution in [3.05, 3.63) is 71.0 Å². The molecule has 0 spiro atoms. The molecule has 0 saturated carbocycles. The van der Waals surface area contributed by atoms with Gasteiger partial charge in [-0.25, -0.2) is 14.6 Å². The van der Waals surface area contributed by atoms with Crippen molar-refractivity contribution in [2.75, 3.05) is 64.4 Å². The Kier molecular flexibility index (Phi) is 8.77. The zero-order valence-electron chi connectivity index (χ0n) is 27.1. The van der Waals surface area contributed by atoms with Gasteiger partial charge in [-0.1, -0.05) is 18.5 Å². The summed E-state index contributed by atoms with van der Waals surface area (Å²) in [6.07, 6.45) is 6.64. The third-order valence-corrected chi connectivity index (χ3v) is 9.39. The predicted octanol–water partition coefficient (Wildman–Crippen LogP) is 3.10. The van der Waals surface area contributed by atoms with Crippen LogP contribution in [-0.4, -0.2) is 110 Å². The van der Waals surface area contributed by atoms with Gasteiger partial charge in [-0.05, 0) is 36.8 Å². The van der Waals surface area contributed by atoms with Crippen molar-refractivity contribution in [1.82, 2.24) is 34.1 Å². The van der Waals surface area contributed by atoms with E-state index in [1.807, 2.05) is 18.0 Å². The van der Waals surface area contributed by atoms with Gasteiger partial charge in [0.15, 0.2) is 11.6 Å². The number of carbonyl (C=O) groups is 3. The smallest absolute Gasteiger partial charge is 0.291 e. The fourth-order valence-corrected chi connectivity index (χ4v) is 6.67. The number of quaternary nitrogens is 1. The number of benzene rings is 1. The Morgan fingerprint density at radius 3 is 2.43 bits per heavy atom. The van der Waals surface area contributed by atoms with Crippen LogP contribution in [0.2, 0.25) is 5.02 Å². The highest BCUT2D eigenvalue weighted by Gasteiger charge is 2.38. The minimum atomic E-state index is -0.426. The second-order valence-corrected chi connectivity index (χ2v) is 13.3. The Hall–Kier alpha value is -4.75. The number of nitrogens with two attached hydrogens (primary N) is 1. The summed E-state index contributed by atoms with van der Waals surface area (Å²) in [4.78, 5) is 52.1. The minimum Gasteiger partial charge on any atom is -0.397 e. The highest BCUT2D eigenvalue weighted by molar-refractivity contribution is 6.34. The molecule has 2 fully saturated rings. The molecule has 3 amide bonds. The number of likely N-dealkylation sites (tertiary alicyclic amines) is 1. The number of pyridine rings is 1. The van der Waals surface area contributed by atoms with Gasteiger partial charge in [-0.15, -0.1) is 0 Å². The largest absolute Gasteiger partial charge is 0.397 e. The van der Waals surface area contributed by atoms with E-state index in [9.17, 15) is 14.4 Å². The maximum atomic E-state index is 13.4. The van der Waals surface area contributed by atoms with Gasteiger partial charge in [0.1, 0.15) is 0 Å². The number of carbonyl (C=O) groups excluding carboxylic acids is 3. The Morgan fingerprint density at radius 1 is 1.04 bits per heavy atom. The number of aromatic nitrogens is 5. The molecule has 4 aromatic rings. The molecule has 1 atom stereocenters. The topological polar surface area (TPSA) is 144 Å². The Morgan fingerprint density at radius 2 is 1.79 bits per heavy atom. The number of nitrogen functional groups attached to an aromatic ring is 1. The van der Waals surface area contributed by atoms with Crippen molar-refractivity contribution in [2.24, 2.45) is 13.0 Å². The molecule has 5 heterocycles. The lowest BCUT2D eigenvalue weighted by molar-refractivity contribution is -0.878. The number of hydrogen-bond donors (Lipinski definition) is 2. The molecule has 1 aromatic carbocycles. The predicted molar refractivity (Wildman–Crippen MR) is 179 cm³/mol. The van der Waals surface area contributed by atoms with Gasteiger partial charge < -0.3 is 29.9 Å². The highest BCUT2D eigenvalue weighted by Crippen LogP contribution is 2.28. The number of hydrogen-bond acceptors (Lipinski definition) is 7. The summed E-state index contributed by atoms with van der Waals surface area (Å²) in [5.41, 5.74) is 9.51. The fourth-order valence-electron chi connectivity index (χ4n) is 6.40. The van der Waals surface area contributed by atoms with Crippen molar-refractivity contribution >= 4 is 40.7 Å². The van der Waals surface area contributed by atoms with Crippen molar-refractivity contribution in [2.45, 2.75) is 19.8 Å². The first-order valence-corrected chi connectivity index (χ1v) is 16.2. The highest BCUT2D eigenvalue weighted by atomic mass is 35.5. The van der Waals surface area contributed by atoms with Crippen LogP contribution in [0.4, 0.5) is 11.4 Å². The van der Waals surface area contributed by atoms with Crippen LogP contribution in [0.25, 0.3) is 17.1 Å². The van der Waals surface area contributed by atoms with Crippen LogP contribution in [-0.2, 0) is 18.3 Å². The van der Waals surface area contributed by atoms with E-state index in [-0.39, 0.29) is 28.6 Å². The van der Waals surface area contributed by atoms with E-state index in [0.29, 0.717) is 55.4 Å². The maximum Gasteiger partial charge on any atom is 0.291 e. The number of anilines is 2. The van der Waals surface area contributed by atoms with Crippen molar-refractivity contribution in [3.63, 3.8) is 0 Å². The summed E-state index contributed by atoms with van der Waals surface area (Å²) in [5.74, 6) is 0.435. The number of aryl methyl sites for hydroxylation is 1. The van der Waals surface area contributed by atoms with Gasteiger partial charge in [-0.3, -0.25) is 14.4 Å². The number of rotatable bonds is 7. The summed E-state index contributed by atoms with van der Waals surface area (Å²) >= 11 is 6.57. The Bertz CT molecular complexity index is 1820. The van der Waals surface area contributed by atoms with Crippen LogP contribution in [0.15, 0.2) is 48.9 Å². The molecule has 246 valence electrons. The fraction of sp³-hybridized carbons (Fsp3) is 0.394. The molecule has 2 aliphatic rings. The molecular weight excluding hydrogens is 620 g/mol. The van der Waals surface area contributed by atoms with Gasteiger partial charge in [0, 0.05) is 57.1 Å². The first-order valence-electron chi connectivity index (χ1n) is 15.8. The summed E-state index contributed by atoms with van der Waals surface area (Å²) in [6, 6.07) is 8.39. The monoisotopic (exact) mass is 659 g/mol.